The minimum absolute atomic E-state index is 0.0512. The largest absolute Gasteiger partial charge is 0.490 e. The van der Waals surface area contributed by atoms with E-state index in [1.165, 1.54) is 28.7 Å². The third-order valence-electron chi connectivity index (χ3n) is 6.24. The maximum Gasteiger partial charge on any atom is 0.338 e. The number of allylic oxidation sites excluding steroid dienone is 1. The van der Waals surface area contributed by atoms with Crippen molar-refractivity contribution in [3.63, 3.8) is 0 Å². The average molecular weight is 579 g/mol. The molecule has 5 rings (SSSR count). The van der Waals surface area contributed by atoms with Crippen LogP contribution in [0.5, 0.6) is 11.5 Å². The second-order valence-corrected chi connectivity index (χ2v) is 10.8. The van der Waals surface area contributed by atoms with Gasteiger partial charge >= 0.3 is 5.97 Å². The molecule has 1 atom stereocenters. The predicted molar refractivity (Wildman–Crippen MR) is 153 cm³/mol. The number of ether oxygens (including phenoxy) is 3. The Bertz CT molecular complexity index is 1760. The van der Waals surface area contributed by atoms with Gasteiger partial charge in [0.25, 0.3) is 5.56 Å². The first-order valence-corrected chi connectivity index (χ1v) is 14.5. The minimum atomic E-state index is -0.620. The van der Waals surface area contributed by atoms with Crippen molar-refractivity contribution in [1.82, 2.24) is 4.57 Å². The Balaban J connectivity index is 1.53. The normalized spacial score (nSPS) is 15.0. The van der Waals surface area contributed by atoms with Gasteiger partial charge in [-0.1, -0.05) is 41.7 Å². The predicted octanol–water partition coefficient (Wildman–Crippen LogP) is 4.98. The molecule has 0 N–H and O–H groups in total. The van der Waals surface area contributed by atoms with Crippen LogP contribution < -0.4 is 24.4 Å². The summed E-state index contributed by atoms with van der Waals surface area (Å²) >= 11 is 2.72. The summed E-state index contributed by atoms with van der Waals surface area (Å²) in [7, 11) is 0. The monoisotopic (exact) mass is 578 g/mol. The number of hydrogen-bond acceptors (Lipinski definition) is 8. The summed E-state index contributed by atoms with van der Waals surface area (Å²) in [6, 6.07) is 14.9. The van der Waals surface area contributed by atoms with Crippen molar-refractivity contribution in [2.75, 3.05) is 13.2 Å². The molecule has 0 fully saturated rings. The van der Waals surface area contributed by atoms with Gasteiger partial charge in [0.1, 0.15) is 18.5 Å². The fraction of sp³-hybridized carbons (Fsp3) is 0.233. The zero-order chi connectivity index (χ0) is 28.2. The molecule has 1 aliphatic rings. The quantitative estimate of drug-likeness (QED) is 0.262. The molecular formula is C30H27FN2O5S2. The van der Waals surface area contributed by atoms with E-state index in [0.29, 0.717) is 44.3 Å². The van der Waals surface area contributed by atoms with Crippen molar-refractivity contribution < 1.29 is 23.4 Å². The van der Waals surface area contributed by atoms with Gasteiger partial charge in [-0.05, 0) is 62.1 Å². The van der Waals surface area contributed by atoms with Gasteiger partial charge in [0, 0.05) is 10.4 Å². The molecule has 40 heavy (non-hydrogen) atoms. The summed E-state index contributed by atoms with van der Waals surface area (Å²) in [5, 5.41) is 1.91. The van der Waals surface area contributed by atoms with Gasteiger partial charge in [-0.2, -0.15) is 0 Å². The van der Waals surface area contributed by atoms with Crippen LogP contribution in [0.25, 0.3) is 6.08 Å². The Kier molecular flexibility index (Phi) is 8.27. The summed E-state index contributed by atoms with van der Waals surface area (Å²) in [6.07, 6.45) is 1.77. The molecule has 206 valence electrons. The van der Waals surface area contributed by atoms with Crippen LogP contribution in [0, 0.1) is 5.82 Å². The maximum absolute atomic E-state index is 14.0. The van der Waals surface area contributed by atoms with Gasteiger partial charge < -0.3 is 14.2 Å². The number of rotatable bonds is 9. The molecule has 1 aliphatic heterocycles. The number of esters is 1. The molecule has 4 aromatic rings. The second kappa shape index (κ2) is 12.0. The zero-order valence-corrected chi connectivity index (χ0v) is 23.8. The molecule has 0 amide bonds. The molecule has 10 heteroatoms. The van der Waals surface area contributed by atoms with E-state index >= 15 is 0 Å². The van der Waals surface area contributed by atoms with Crippen molar-refractivity contribution in [1.29, 1.82) is 0 Å². The third kappa shape index (κ3) is 5.50. The number of fused-ring (bicyclic) bond motifs is 1. The molecule has 7 nitrogen and oxygen atoms in total. The number of carbonyl (C=O) groups is 1. The number of aromatic nitrogens is 1. The summed E-state index contributed by atoms with van der Waals surface area (Å²) in [4.78, 5) is 32.6. The van der Waals surface area contributed by atoms with Crippen molar-refractivity contribution in [2.45, 2.75) is 33.4 Å². The second-order valence-electron chi connectivity index (χ2n) is 8.84. The van der Waals surface area contributed by atoms with Gasteiger partial charge in [-0.25, -0.2) is 14.2 Å². The van der Waals surface area contributed by atoms with Crippen LogP contribution in [0.1, 0.15) is 42.8 Å². The lowest BCUT2D eigenvalue weighted by atomic mass is 10.0. The van der Waals surface area contributed by atoms with E-state index in [-0.39, 0.29) is 24.6 Å². The molecule has 0 bridgehead atoms. The number of nitrogens with zero attached hydrogens (tertiary/aromatic N) is 2. The lowest BCUT2D eigenvalue weighted by Crippen LogP contribution is -2.39. The van der Waals surface area contributed by atoms with E-state index in [4.69, 9.17) is 14.2 Å². The highest BCUT2D eigenvalue weighted by atomic mass is 32.1. The first-order valence-electron chi connectivity index (χ1n) is 12.8. The molecule has 0 unspecified atom stereocenters. The van der Waals surface area contributed by atoms with Crippen molar-refractivity contribution in [3.8, 4) is 11.5 Å². The first-order chi connectivity index (χ1) is 19.4. The van der Waals surface area contributed by atoms with E-state index in [9.17, 15) is 14.0 Å². The molecule has 0 spiro atoms. The van der Waals surface area contributed by atoms with Crippen LogP contribution in [-0.4, -0.2) is 23.8 Å². The summed E-state index contributed by atoms with van der Waals surface area (Å²) in [5.74, 6) is 0.131. The van der Waals surface area contributed by atoms with E-state index in [1.807, 2.05) is 30.5 Å². The van der Waals surface area contributed by atoms with E-state index in [1.54, 1.807) is 54.8 Å². The molecule has 0 aliphatic carbocycles. The first kappa shape index (κ1) is 27.5. The Morgan fingerprint density at radius 1 is 1.07 bits per heavy atom. The molecular weight excluding hydrogens is 551 g/mol. The molecule has 2 aromatic carbocycles. The van der Waals surface area contributed by atoms with Gasteiger partial charge in [0.15, 0.2) is 16.3 Å². The highest BCUT2D eigenvalue weighted by Crippen LogP contribution is 2.33. The highest BCUT2D eigenvalue weighted by molar-refractivity contribution is 7.10. The number of thiazole rings is 1. The van der Waals surface area contributed by atoms with E-state index in [2.05, 4.69) is 4.99 Å². The fourth-order valence-electron chi connectivity index (χ4n) is 4.43. The maximum atomic E-state index is 14.0. The summed E-state index contributed by atoms with van der Waals surface area (Å²) < 4.78 is 33.1. The van der Waals surface area contributed by atoms with Gasteiger partial charge in [0.2, 0.25) is 0 Å². The third-order valence-corrected chi connectivity index (χ3v) is 8.14. The molecule has 0 radical (unpaired) electrons. The smallest absolute Gasteiger partial charge is 0.338 e. The highest BCUT2D eigenvalue weighted by Gasteiger charge is 2.33. The molecule has 3 heterocycles. The minimum Gasteiger partial charge on any atom is -0.490 e. The van der Waals surface area contributed by atoms with Gasteiger partial charge in [0.05, 0.1) is 29.0 Å². The fourth-order valence-corrected chi connectivity index (χ4v) is 6.30. The van der Waals surface area contributed by atoms with Crippen LogP contribution >= 0.6 is 22.7 Å². The lowest BCUT2D eigenvalue weighted by molar-refractivity contribution is -0.139. The summed E-state index contributed by atoms with van der Waals surface area (Å²) in [6.45, 7) is 6.04. The topological polar surface area (TPSA) is 79.1 Å². The summed E-state index contributed by atoms with van der Waals surface area (Å²) in [5.41, 5.74) is 1.79. The van der Waals surface area contributed by atoms with Crippen molar-refractivity contribution >= 4 is 34.7 Å². The van der Waals surface area contributed by atoms with Gasteiger partial charge in [-0.15, -0.1) is 11.3 Å². The van der Waals surface area contributed by atoms with Crippen LogP contribution in [0.3, 0.4) is 0 Å². The standard InChI is InChI=1S/C30H27FN2O5S2/c1-4-36-23-15-19(12-13-22(23)38-17-20-9-6-7-10-21(20)31)16-25-28(34)33-27(24-11-8-14-39-24)26(29(35)37-5-2)18(3)32-30(33)40-25/h6-16,27H,4-5,17H2,1-3H3/b25-16-/t27-/m1/s1. The Hall–Kier alpha value is -4.02. The number of hydrogen-bond donors (Lipinski definition) is 0. The SMILES string of the molecule is CCOC(=O)C1=C(C)N=c2s/c(=C\c3ccc(OCc4ccccc4F)c(OCC)c3)c(=O)n2[C@@H]1c1cccs1. The molecule has 0 saturated heterocycles. The van der Waals surface area contributed by atoms with E-state index < -0.39 is 12.0 Å². The van der Waals surface area contributed by atoms with Gasteiger partial charge in [-0.3, -0.25) is 9.36 Å². The number of halogens is 1. The lowest BCUT2D eigenvalue weighted by Gasteiger charge is -2.23. The Labute approximate surface area is 238 Å². The van der Waals surface area contributed by atoms with Crippen LogP contribution in [0.2, 0.25) is 0 Å². The van der Waals surface area contributed by atoms with Crippen LogP contribution in [-0.2, 0) is 16.1 Å². The zero-order valence-electron chi connectivity index (χ0n) is 22.2. The Morgan fingerprint density at radius 2 is 1.90 bits per heavy atom. The van der Waals surface area contributed by atoms with Crippen LogP contribution in [0.15, 0.2) is 81.0 Å². The molecule has 0 saturated carbocycles. The average Bonchev–Trinajstić information content (AvgIpc) is 3.57. The van der Waals surface area contributed by atoms with Crippen molar-refractivity contribution in [3.05, 3.63) is 113 Å². The number of benzene rings is 2. The number of carbonyl (C=O) groups excluding carboxylic acids is 1. The molecule has 2 aromatic heterocycles. The van der Waals surface area contributed by atoms with Crippen LogP contribution in [0.4, 0.5) is 4.39 Å². The Morgan fingerprint density at radius 3 is 2.62 bits per heavy atom. The van der Waals surface area contributed by atoms with Crippen molar-refractivity contribution in [2.24, 2.45) is 4.99 Å². The van der Waals surface area contributed by atoms with E-state index in [0.717, 1.165) is 10.4 Å². The number of thiophene rings is 1.